The molecule has 1 aromatic carbocycles. The van der Waals surface area contributed by atoms with E-state index in [9.17, 15) is 4.79 Å². The second-order valence-corrected chi connectivity index (χ2v) is 7.05. The Kier molecular flexibility index (Phi) is 3.68. The molecular weight excluding hydrogens is 292 g/mol. The van der Waals surface area contributed by atoms with E-state index in [1.54, 1.807) is 7.11 Å². The van der Waals surface area contributed by atoms with E-state index in [1.807, 2.05) is 12.1 Å². The van der Waals surface area contributed by atoms with Crippen LogP contribution in [0, 0.1) is 0 Å². The number of carbonyl (C=O) groups is 1. The lowest BCUT2D eigenvalue weighted by molar-refractivity contribution is 0.0981. The normalized spacial score (nSPS) is 30.0. The molecular formula is C18H24N2O3. The molecule has 5 nitrogen and oxygen atoms in total. The van der Waals surface area contributed by atoms with Crippen molar-refractivity contribution in [3.8, 4) is 5.75 Å². The summed E-state index contributed by atoms with van der Waals surface area (Å²) in [4.78, 5) is 12.2. The summed E-state index contributed by atoms with van der Waals surface area (Å²) in [7, 11) is 1.67. The number of amides is 2. The van der Waals surface area contributed by atoms with Gasteiger partial charge in [0.1, 0.15) is 5.75 Å². The van der Waals surface area contributed by atoms with Gasteiger partial charge in [-0.05, 0) is 49.8 Å². The average molecular weight is 316 g/mol. The van der Waals surface area contributed by atoms with Gasteiger partial charge in [0.2, 0.25) is 0 Å². The van der Waals surface area contributed by atoms with Gasteiger partial charge in [-0.1, -0.05) is 12.1 Å². The van der Waals surface area contributed by atoms with Gasteiger partial charge in [-0.15, -0.1) is 0 Å². The molecule has 3 atom stereocenters. The summed E-state index contributed by atoms with van der Waals surface area (Å²) >= 11 is 0. The molecule has 2 amide bonds. The first-order chi connectivity index (χ1) is 11.2. The minimum atomic E-state index is -0.0639. The van der Waals surface area contributed by atoms with E-state index in [0.29, 0.717) is 12.6 Å². The van der Waals surface area contributed by atoms with Crippen molar-refractivity contribution >= 4 is 6.03 Å². The van der Waals surface area contributed by atoms with Crippen LogP contribution in [-0.4, -0.2) is 37.9 Å². The maximum atomic E-state index is 12.2. The van der Waals surface area contributed by atoms with Crippen LogP contribution in [0.25, 0.3) is 0 Å². The molecule has 0 radical (unpaired) electrons. The summed E-state index contributed by atoms with van der Waals surface area (Å²) in [5.41, 5.74) is 1.39. The summed E-state index contributed by atoms with van der Waals surface area (Å²) in [5, 5.41) is 6.15. The Morgan fingerprint density at radius 2 is 2.09 bits per heavy atom. The van der Waals surface area contributed by atoms with Gasteiger partial charge < -0.3 is 20.1 Å². The molecule has 124 valence electrons. The molecule has 23 heavy (non-hydrogen) atoms. The predicted octanol–water partition coefficient (Wildman–Crippen LogP) is 2.35. The van der Waals surface area contributed by atoms with Crippen molar-refractivity contribution in [1.82, 2.24) is 10.6 Å². The monoisotopic (exact) mass is 316 g/mol. The van der Waals surface area contributed by atoms with E-state index in [0.717, 1.165) is 37.9 Å². The number of urea groups is 1. The van der Waals surface area contributed by atoms with Gasteiger partial charge in [-0.3, -0.25) is 0 Å². The lowest BCUT2D eigenvalue weighted by Gasteiger charge is -2.22. The second-order valence-electron chi connectivity index (χ2n) is 7.05. The molecule has 3 fully saturated rings. The van der Waals surface area contributed by atoms with E-state index in [1.165, 1.54) is 5.56 Å². The molecule has 2 aliphatic heterocycles. The highest BCUT2D eigenvalue weighted by atomic mass is 16.5. The number of hydrogen-bond donors (Lipinski definition) is 2. The van der Waals surface area contributed by atoms with Gasteiger partial charge >= 0.3 is 6.03 Å². The Bertz CT molecular complexity index is 582. The predicted molar refractivity (Wildman–Crippen MR) is 86.7 cm³/mol. The Hall–Kier alpha value is -1.75. The highest BCUT2D eigenvalue weighted by Crippen LogP contribution is 2.47. The standard InChI is InChI=1S/C18H24N2O3/c1-22-13-4-2-12(3-5-13)18(8-9-18)11-19-17(21)20-15-10-14-6-7-16(15)23-14/h2-5,14-16H,6-11H2,1H3,(H2,19,20,21)/t14-,15-,16-/m1/s1. The molecule has 0 aromatic heterocycles. The van der Waals surface area contributed by atoms with Crippen LogP contribution in [0.3, 0.4) is 0 Å². The smallest absolute Gasteiger partial charge is 0.315 e. The number of nitrogens with one attached hydrogen (secondary N) is 2. The van der Waals surface area contributed by atoms with Crippen LogP contribution in [-0.2, 0) is 10.2 Å². The van der Waals surface area contributed by atoms with Gasteiger partial charge in [0.05, 0.1) is 25.4 Å². The lowest BCUT2D eigenvalue weighted by Crippen LogP contribution is -2.48. The first-order valence-electron chi connectivity index (χ1n) is 8.53. The number of carbonyl (C=O) groups excluding carboxylic acids is 1. The van der Waals surface area contributed by atoms with Crippen LogP contribution in [0.1, 0.15) is 37.7 Å². The number of rotatable bonds is 5. The highest BCUT2D eigenvalue weighted by Gasteiger charge is 2.45. The van der Waals surface area contributed by atoms with E-state index in [2.05, 4.69) is 22.8 Å². The van der Waals surface area contributed by atoms with Crippen LogP contribution < -0.4 is 15.4 Å². The van der Waals surface area contributed by atoms with Gasteiger partial charge in [-0.2, -0.15) is 0 Å². The zero-order chi connectivity index (χ0) is 15.9. The first-order valence-corrected chi connectivity index (χ1v) is 8.53. The Labute approximate surface area is 136 Å². The molecule has 2 bridgehead atoms. The summed E-state index contributed by atoms with van der Waals surface area (Å²) in [6.07, 6.45) is 6.01. The molecule has 1 saturated carbocycles. The highest BCUT2D eigenvalue weighted by molar-refractivity contribution is 5.74. The Balaban J connectivity index is 1.30. The first kappa shape index (κ1) is 14.8. The average Bonchev–Trinajstić information content (AvgIpc) is 3.09. The zero-order valence-electron chi connectivity index (χ0n) is 13.5. The number of fused-ring (bicyclic) bond motifs is 2. The van der Waals surface area contributed by atoms with Gasteiger partial charge in [0, 0.05) is 12.0 Å². The Morgan fingerprint density at radius 3 is 2.65 bits per heavy atom. The molecule has 2 saturated heterocycles. The quantitative estimate of drug-likeness (QED) is 0.876. The summed E-state index contributed by atoms with van der Waals surface area (Å²) < 4.78 is 11.0. The van der Waals surface area contributed by atoms with E-state index in [-0.39, 0.29) is 23.6 Å². The fraction of sp³-hybridized carbons (Fsp3) is 0.611. The van der Waals surface area contributed by atoms with Crippen LogP contribution in [0.2, 0.25) is 0 Å². The van der Waals surface area contributed by atoms with Crippen molar-refractivity contribution in [2.45, 2.75) is 55.8 Å². The van der Waals surface area contributed by atoms with Crippen LogP contribution in [0.15, 0.2) is 24.3 Å². The Morgan fingerprint density at radius 1 is 1.30 bits per heavy atom. The van der Waals surface area contributed by atoms with Crippen molar-refractivity contribution < 1.29 is 14.3 Å². The van der Waals surface area contributed by atoms with Crippen LogP contribution >= 0.6 is 0 Å². The van der Waals surface area contributed by atoms with Crippen molar-refractivity contribution in [3.63, 3.8) is 0 Å². The molecule has 2 heterocycles. The van der Waals surface area contributed by atoms with Crippen molar-refractivity contribution in [2.75, 3.05) is 13.7 Å². The van der Waals surface area contributed by atoms with Gasteiger partial charge in [0.25, 0.3) is 0 Å². The summed E-state index contributed by atoms with van der Waals surface area (Å²) in [5.74, 6) is 0.867. The molecule has 1 aliphatic carbocycles. The van der Waals surface area contributed by atoms with Crippen LogP contribution in [0.4, 0.5) is 4.79 Å². The minimum absolute atomic E-state index is 0.0639. The summed E-state index contributed by atoms with van der Waals surface area (Å²) in [6, 6.07) is 8.31. The molecule has 0 spiro atoms. The number of methoxy groups -OCH3 is 1. The molecule has 5 heteroatoms. The van der Waals surface area contributed by atoms with Crippen LogP contribution in [0.5, 0.6) is 5.75 Å². The number of hydrogen-bond acceptors (Lipinski definition) is 3. The fourth-order valence-corrected chi connectivity index (χ4v) is 3.92. The summed E-state index contributed by atoms with van der Waals surface area (Å²) in [6.45, 7) is 0.687. The minimum Gasteiger partial charge on any atom is -0.497 e. The zero-order valence-corrected chi connectivity index (χ0v) is 13.5. The van der Waals surface area contributed by atoms with Crippen molar-refractivity contribution in [1.29, 1.82) is 0 Å². The number of ether oxygens (including phenoxy) is 2. The van der Waals surface area contributed by atoms with Crippen molar-refractivity contribution in [3.05, 3.63) is 29.8 Å². The van der Waals surface area contributed by atoms with Gasteiger partial charge in [-0.25, -0.2) is 4.79 Å². The SMILES string of the molecule is COc1ccc(C2(CNC(=O)N[C@@H]3C[C@H]4CC[C@H]3O4)CC2)cc1. The second kappa shape index (κ2) is 5.71. The van der Waals surface area contributed by atoms with Gasteiger partial charge in [0.15, 0.2) is 0 Å². The van der Waals surface area contributed by atoms with E-state index < -0.39 is 0 Å². The topological polar surface area (TPSA) is 59.6 Å². The third-order valence-corrected chi connectivity index (χ3v) is 5.57. The number of benzene rings is 1. The maximum Gasteiger partial charge on any atom is 0.315 e. The molecule has 2 N–H and O–H groups in total. The largest absolute Gasteiger partial charge is 0.497 e. The lowest BCUT2D eigenvalue weighted by atomic mass is 9.95. The van der Waals surface area contributed by atoms with Crippen molar-refractivity contribution in [2.24, 2.45) is 0 Å². The third kappa shape index (κ3) is 2.90. The van der Waals surface area contributed by atoms with E-state index in [4.69, 9.17) is 9.47 Å². The maximum absolute atomic E-state index is 12.2. The fourth-order valence-electron chi connectivity index (χ4n) is 3.92. The molecule has 3 aliphatic rings. The molecule has 1 aromatic rings. The third-order valence-electron chi connectivity index (χ3n) is 5.57. The molecule has 4 rings (SSSR count). The molecule has 0 unspecified atom stereocenters. The van der Waals surface area contributed by atoms with E-state index >= 15 is 0 Å².